The van der Waals surface area contributed by atoms with Crippen molar-refractivity contribution >= 4 is 0 Å². The van der Waals surface area contributed by atoms with E-state index in [0.717, 1.165) is 37.5 Å². The van der Waals surface area contributed by atoms with Gasteiger partial charge in [0.25, 0.3) is 0 Å². The summed E-state index contributed by atoms with van der Waals surface area (Å²) in [5.41, 5.74) is 0. The summed E-state index contributed by atoms with van der Waals surface area (Å²) in [6, 6.07) is 0. The zero-order valence-corrected chi connectivity index (χ0v) is 15.8. The van der Waals surface area contributed by atoms with Gasteiger partial charge in [-0.3, -0.25) is 0 Å². The predicted molar refractivity (Wildman–Crippen MR) is 103 cm³/mol. The van der Waals surface area contributed by atoms with Crippen LogP contribution in [0.25, 0.3) is 0 Å². The third-order valence-corrected chi connectivity index (χ3v) is 5.11. The van der Waals surface area contributed by atoms with Crippen molar-refractivity contribution in [1.29, 1.82) is 0 Å². The molecule has 1 rings (SSSR count). The minimum Gasteiger partial charge on any atom is -0.103 e. The van der Waals surface area contributed by atoms with Crippen LogP contribution in [0.4, 0.5) is 0 Å². The van der Waals surface area contributed by atoms with E-state index in [4.69, 9.17) is 0 Å². The molecule has 0 amide bonds. The summed E-state index contributed by atoms with van der Waals surface area (Å²) in [4.78, 5) is 0. The first-order chi connectivity index (χ1) is 11.4. The molecule has 1 aliphatic rings. The van der Waals surface area contributed by atoms with Gasteiger partial charge in [-0.2, -0.15) is 0 Å². The van der Waals surface area contributed by atoms with Crippen LogP contribution >= 0.6 is 0 Å². The Morgan fingerprint density at radius 2 is 1.09 bits per heavy atom. The molecule has 2 atom stereocenters. The van der Waals surface area contributed by atoms with E-state index in [2.05, 4.69) is 37.5 Å². The molecule has 1 saturated carbocycles. The Labute approximate surface area is 146 Å². The molecule has 1 fully saturated rings. The van der Waals surface area contributed by atoms with Gasteiger partial charge in [-0.05, 0) is 37.5 Å². The zero-order chi connectivity index (χ0) is 16.6. The Morgan fingerprint density at radius 1 is 0.609 bits per heavy atom. The molecule has 0 unspecified atom stereocenters. The maximum Gasteiger partial charge on any atom is 0.0120 e. The van der Waals surface area contributed by atoms with Crippen molar-refractivity contribution in [1.82, 2.24) is 0 Å². The molecule has 0 heteroatoms. The molecule has 130 valence electrons. The number of rotatable bonds is 10. The Balaban J connectivity index is 2.14. The molecule has 0 aromatic rings. The SMILES string of the molecule is CCCCCCC#CC[C@H]1CCC[C@@H]1CC#CCCCCCC. The zero-order valence-electron chi connectivity index (χ0n) is 15.8. The van der Waals surface area contributed by atoms with Crippen molar-refractivity contribution in [2.45, 2.75) is 110 Å². The fraction of sp³-hybridized carbons (Fsp3) is 0.826. The number of unbranched alkanes of at least 4 members (excludes halogenated alkanes) is 8. The standard InChI is InChI=1S/C23H38/c1-3-5-7-9-11-13-15-18-22-20-17-21-23(22)19-16-14-12-10-8-6-4-2/h22-23H,3-12,17-21H2,1-2H3/t22-,23-/m0/s1. The highest BCUT2D eigenvalue weighted by Gasteiger charge is 2.25. The molecule has 0 aromatic heterocycles. The molecule has 0 bridgehead atoms. The lowest BCUT2D eigenvalue weighted by atomic mass is 9.90. The highest BCUT2D eigenvalue weighted by Crippen LogP contribution is 2.35. The summed E-state index contributed by atoms with van der Waals surface area (Å²) in [6.07, 6.45) is 19.3. The van der Waals surface area contributed by atoms with Crippen molar-refractivity contribution in [3.05, 3.63) is 0 Å². The number of hydrogen-bond acceptors (Lipinski definition) is 0. The van der Waals surface area contributed by atoms with Gasteiger partial charge in [-0.1, -0.05) is 58.8 Å². The van der Waals surface area contributed by atoms with Crippen LogP contribution < -0.4 is 0 Å². The molecule has 23 heavy (non-hydrogen) atoms. The molecular weight excluding hydrogens is 276 g/mol. The van der Waals surface area contributed by atoms with Crippen LogP contribution in [0.15, 0.2) is 0 Å². The fourth-order valence-electron chi connectivity index (χ4n) is 3.51. The van der Waals surface area contributed by atoms with E-state index >= 15 is 0 Å². The van der Waals surface area contributed by atoms with E-state index < -0.39 is 0 Å². The van der Waals surface area contributed by atoms with Crippen molar-refractivity contribution in [2.24, 2.45) is 11.8 Å². The maximum absolute atomic E-state index is 3.46. The Morgan fingerprint density at radius 3 is 1.52 bits per heavy atom. The molecule has 0 nitrogen and oxygen atoms in total. The second-order valence-electron chi connectivity index (χ2n) is 7.19. The number of hydrogen-bond donors (Lipinski definition) is 0. The van der Waals surface area contributed by atoms with Crippen molar-refractivity contribution in [2.75, 3.05) is 0 Å². The van der Waals surface area contributed by atoms with Gasteiger partial charge in [-0.25, -0.2) is 0 Å². The molecule has 0 aliphatic heterocycles. The average Bonchev–Trinajstić information content (AvgIpc) is 3.00. The summed E-state index contributed by atoms with van der Waals surface area (Å²) in [7, 11) is 0. The minimum atomic E-state index is 0.826. The first kappa shape index (κ1) is 20.2. The van der Waals surface area contributed by atoms with Crippen molar-refractivity contribution in [3.63, 3.8) is 0 Å². The topological polar surface area (TPSA) is 0 Å². The van der Waals surface area contributed by atoms with Gasteiger partial charge in [0.2, 0.25) is 0 Å². The maximum atomic E-state index is 3.46. The summed E-state index contributed by atoms with van der Waals surface area (Å²) < 4.78 is 0. The van der Waals surface area contributed by atoms with Gasteiger partial charge in [0, 0.05) is 25.7 Å². The first-order valence-electron chi connectivity index (χ1n) is 10.3. The second-order valence-corrected chi connectivity index (χ2v) is 7.19. The quantitative estimate of drug-likeness (QED) is 0.297. The molecular formula is C23H38. The van der Waals surface area contributed by atoms with Crippen LogP contribution in [0, 0.1) is 35.5 Å². The normalized spacial score (nSPS) is 19.7. The van der Waals surface area contributed by atoms with Gasteiger partial charge in [0.15, 0.2) is 0 Å². The molecule has 0 aromatic carbocycles. The van der Waals surface area contributed by atoms with Gasteiger partial charge < -0.3 is 0 Å². The first-order valence-corrected chi connectivity index (χ1v) is 10.3. The van der Waals surface area contributed by atoms with E-state index in [-0.39, 0.29) is 0 Å². The highest BCUT2D eigenvalue weighted by atomic mass is 14.3. The van der Waals surface area contributed by atoms with Gasteiger partial charge in [0.1, 0.15) is 0 Å². The summed E-state index contributed by atoms with van der Waals surface area (Å²) >= 11 is 0. The van der Waals surface area contributed by atoms with Crippen LogP contribution in [-0.2, 0) is 0 Å². The van der Waals surface area contributed by atoms with E-state index in [0.29, 0.717) is 0 Å². The third kappa shape index (κ3) is 10.5. The predicted octanol–water partition coefficient (Wildman–Crippen LogP) is 7.13. The largest absolute Gasteiger partial charge is 0.103 e. The average molecular weight is 315 g/mol. The van der Waals surface area contributed by atoms with E-state index in [1.54, 1.807) is 0 Å². The lowest BCUT2D eigenvalue weighted by Gasteiger charge is -2.13. The third-order valence-electron chi connectivity index (χ3n) is 5.11. The molecule has 1 aliphatic carbocycles. The Bertz CT molecular complexity index is 346. The lowest BCUT2D eigenvalue weighted by Crippen LogP contribution is -2.06. The Hall–Kier alpha value is -0.880. The van der Waals surface area contributed by atoms with Gasteiger partial charge >= 0.3 is 0 Å². The molecule has 0 radical (unpaired) electrons. The summed E-state index contributed by atoms with van der Waals surface area (Å²) in [6.45, 7) is 4.53. The lowest BCUT2D eigenvalue weighted by molar-refractivity contribution is 0.404. The monoisotopic (exact) mass is 314 g/mol. The van der Waals surface area contributed by atoms with Crippen LogP contribution in [0.2, 0.25) is 0 Å². The summed E-state index contributed by atoms with van der Waals surface area (Å²) in [5.74, 6) is 15.4. The second kappa shape index (κ2) is 14.7. The van der Waals surface area contributed by atoms with Crippen LogP contribution in [0.3, 0.4) is 0 Å². The fourth-order valence-corrected chi connectivity index (χ4v) is 3.51. The molecule has 0 spiro atoms. The molecule has 0 N–H and O–H groups in total. The van der Waals surface area contributed by atoms with Gasteiger partial charge in [0.05, 0.1) is 0 Å². The van der Waals surface area contributed by atoms with E-state index in [1.807, 2.05) is 0 Å². The van der Waals surface area contributed by atoms with Crippen LogP contribution in [0.1, 0.15) is 110 Å². The van der Waals surface area contributed by atoms with Crippen molar-refractivity contribution in [3.8, 4) is 23.7 Å². The summed E-state index contributed by atoms with van der Waals surface area (Å²) in [5, 5.41) is 0. The van der Waals surface area contributed by atoms with Crippen molar-refractivity contribution < 1.29 is 0 Å². The van der Waals surface area contributed by atoms with Crippen LogP contribution in [-0.4, -0.2) is 0 Å². The molecule has 0 heterocycles. The minimum absolute atomic E-state index is 0.826. The Kier molecular flexibility index (Phi) is 12.9. The smallest absolute Gasteiger partial charge is 0.0120 e. The molecule has 0 saturated heterocycles. The van der Waals surface area contributed by atoms with E-state index in [1.165, 1.54) is 70.6 Å². The van der Waals surface area contributed by atoms with Gasteiger partial charge in [-0.15, -0.1) is 23.7 Å². The highest BCUT2D eigenvalue weighted by molar-refractivity contribution is 5.05. The van der Waals surface area contributed by atoms with Crippen LogP contribution in [0.5, 0.6) is 0 Å². The van der Waals surface area contributed by atoms with E-state index in [9.17, 15) is 0 Å².